The van der Waals surface area contributed by atoms with E-state index in [0.717, 1.165) is 18.7 Å². The fraction of sp³-hybridized carbons (Fsp3) is 0.417. The number of hydrogen-bond donors (Lipinski definition) is 1. The van der Waals surface area contributed by atoms with Gasteiger partial charge in [-0.15, -0.1) is 0 Å². The highest BCUT2D eigenvalue weighted by molar-refractivity contribution is 5.98. The lowest BCUT2D eigenvalue weighted by atomic mass is 10.0. The molecule has 3 rings (SSSR count). The fourth-order valence-corrected chi connectivity index (χ4v) is 3.77. The molecule has 148 valence electrons. The molecule has 2 aromatic carbocycles. The quantitative estimate of drug-likeness (QED) is 0.700. The zero-order chi connectivity index (χ0) is 19.9. The summed E-state index contributed by atoms with van der Waals surface area (Å²) in [5.41, 5.74) is 4.20. The lowest BCUT2D eigenvalue weighted by Gasteiger charge is -2.28. The van der Waals surface area contributed by atoms with Crippen molar-refractivity contribution in [2.75, 3.05) is 19.6 Å². The highest BCUT2D eigenvalue weighted by Crippen LogP contribution is 2.24. The maximum Gasteiger partial charge on any atom is 0.220 e. The Balaban J connectivity index is 1.53. The Hall–Kier alpha value is -2.46. The van der Waals surface area contributed by atoms with Gasteiger partial charge in [0.2, 0.25) is 5.91 Å². The van der Waals surface area contributed by atoms with Crippen LogP contribution in [0.15, 0.2) is 48.5 Å². The first kappa shape index (κ1) is 20.3. The van der Waals surface area contributed by atoms with Gasteiger partial charge >= 0.3 is 0 Å². The Morgan fingerprint density at radius 3 is 2.36 bits per heavy atom. The second-order valence-corrected chi connectivity index (χ2v) is 7.70. The summed E-state index contributed by atoms with van der Waals surface area (Å²) < 4.78 is 0. The van der Waals surface area contributed by atoms with Crippen molar-refractivity contribution in [2.45, 2.75) is 45.6 Å². The van der Waals surface area contributed by atoms with Crippen LogP contribution in [0, 0.1) is 13.8 Å². The van der Waals surface area contributed by atoms with E-state index in [9.17, 15) is 9.59 Å². The number of nitrogens with one attached hydrogen (secondary N) is 1. The van der Waals surface area contributed by atoms with Crippen molar-refractivity contribution in [3.63, 3.8) is 0 Å². The molecule has 1 saturated heterocycles. The zero-order valence-electron chi connectivity index (χ0n) is 16.9. The SMILES string of the molecule is Cc1ccc(C(=O)CCC(=O)NCC(c2ccccc2)N2CCCC2)cc1C. The van der Waals surface area contributed by atoms with Crippen molar-refractivity contribution in [1.82, 2.24) is 10.2 Å². The topological polar surface area (TPSA) is 49.4 Å². The van der Waals surface area contributed by atoms with Crippen molar-refractivity contribution < 1.29 is 9.59 Å². The molecule has 1 amide bonds. The van der Waals surface area contributed by atoms with E-state index in [1.807, 2.05) is 50.2 Å². The average Bonchev–Trinajstić information content (AvgIpc) is 3.23. The van der Waals surface area contributed by atoms with E-state index in [2.05, 4.69) is 22.3 Å². The summed E-state index contributed by atoms with van der Waals surface area (Å²) in [5.74, 6) is -0.0327. The molecule has 1 fully saturated rings. The van der Waals surface area contributed by atoms with Gasteiger partial charge in [0.05, 0.1) is 6.04 Å². The Bertz CT molecular complexity index is 811. The van der Waals surface area contributed by atoms with Crippen LogP contribution in [0.4, 0.5) is 0 Å². The predicted octanol–water partition coefficient (Wildman–Crippen LogP) is 4.22. The number of ketones is 1. The number of carbonyl (C=O) groups excluding carboxylic acids is 2. The number of Topliss-reactive ketones (excluding diaryl/α,β-unsaturated/α-hetero) is 1. The van der Waals surface area contributed by atoms with E-state index >= 15 is 0 Å². The van der Waals surface area contributed by atoms with Crippen LogP contribution in [0.3, 0.4) is 0 Å². The molecule has 4 heteroatoms. The smallest absolute Gasteiger partial charge is 0.220 e. The summed E-state index contributed by atoms with van der Waals surface area (Å²) in [6.45, 7) is 6.75. The van der Waals surface area contributed by atoms with Gasteiger partial charge < -0.3 is 5.32 Å². The monoisotopic (exact) mass is 378 g/mol. The van der Waals surface area contributed by atoms with Crippen LogP contribution < -0.4 is 5.32 Å². The molecule has 1 N–H and O–H groups in total. The van der Waals surface area contributed by atoms with Crippen molar-refractivity contribution in [3.8, 4) is 0 Å². The van der Waals surface area contributed by atoms with E-state index in [4.69, 9.17) is 0 Å². The highest BCUT2D eigenvalue weighted by atomic mass is 16.2. The minimum absolute atomic E-state index is 0.0254. The molecule has 1 heterocycles. The molecular weight excluding hydrogens is 348 g/mol. The van der Waals surface area contributed by atoms with Gasteiger partial charge in [0, 0.05) is 24.9 Å². The van der Waals surface area contributed by atoms with Crippen molar-refractivity contribution in [3.05, 3.63) is 70.8 Å². The second kappa shape index (κ2) is 9.65. The third kappa shape index (κ3) is 5.29. The predicted molar refractivity (Wildman–Crippen MR) is 112 cm³/mol. The van der Waals surface area contributed by atoms with E-state index in [0.29, 0.717) is 12.1 Å². The second-order valence-electron chi connectivity index (χ2n) is 7.70. The Morgan fingerprint density at radius 1 is 0.964 bits per heavy atom. The normalized spacial score (nSPS) is 15.4. The first-order chi connectivity index (χ1) is 13.5. The molecule has 1 unspecified atom stereocenters. The van der Waals surface area contributed by atoms with Crippen LogP contribution in [0.25, 0.3) is 0 Å². The zero-order valence-corrected chi connectivity index (χ0v) is 16.9. The van der Waals surface area contributed by atoms with Crippen LogP contribution in [0.1, 0.15) is 58.8 Å². The molecule has 0 aliphatic carbocycles. The molecule has 1 aliphatic rings. The van der Waals surface area contributed by atoms with Crippen LogP contribution in [0.2, 0.25) is 0 Å². The van der Waals surface area contributed by atoms with Crippen LogP contribution in [-0.2, 0) is 4.79 Å². The van der Waals surface area contributed by atoms with Gasteiger partial charge in [0.15, 0.2) is 5.78 Å². The molecule has 0 bridgehead atoms. The number of amides is 1. The highest BCUT2D eigenvalue weighted by Gasteiger charge is 2.23. The third-order valence-electron chi connectivity index (χ3n) is 5.67. The van der Waals surface area contributed by atoms with Crippen LogP contribution in [-0.4, -0.2) is 36.2 Å². The van der Waals surface area contributed by atoms with E-state index in [1.54, 1.807) is 0 Å². The van der Waals surface area contributed by atoms with Crippen LogP contribution in [0.5, 0.6) is 0 Å². The fourth-order valence-electron chi connectivity index (χ4n) is 3.77. The molecular formula is C24H30N2O2. The largest absolute Gasteiger partial charge is 0.354 e. The van der Waals surface area contributed by atoms with Gasteiger partial charge in [-0.3, -0.25) is 14.5 Å². The number of likely N-dealkylation sites (tertiary alicyclic amines) is 1. The maximum absolute atomic E-state index is 12.4. The first-order valence-corrected chi connectivity index (χ1v) is 10.2. The minimum atomic E-state index is -0.0580. The van der Waals surface area contributed by atoms with Gasteiger partial charge in [-0.25, -0.2) is 0 Å². The first-order valence-electron chi connectivity index (χ1n) is 10.2. The van der Waals surface area contributed by atoms with Crippen molar-refractivity contribution in [1.29, 1.82) is 0 Å². The van der Waals surface area contributed by atoms with E-state index < -0.39 is 0 Å². The van der Waals surface area contributed by atoms with Gasteiger partial charge in [0.25, 0.3) is 0 Å². The Labute approximate surface area is 167 Å². The molecule has 1 aliphatic heterocycles. The molecule has 0 radical (unpaired) electrons. The van der Waals surface area contributed by atoms with Crippen molar-refractivity contribution in [2.24, 2.45) is 0 Å². The minimum Gasteiger partial charge on any atom is -0.354 e. The molecule has 0 saturated carbocycles. The van der Waals surface area contributed by atoms with E-state index in [1.165, 1.54) is 24.0 Å². The molecule has 0 aromatic heterocycles. The lowest BCUT2D eigenvalue weighted by Crippen LogP contribution is -2.36. The number of benzene rings is 2. The standard InChI is InChI=1S/C24H30N2O2/c1-18-10-11-21(16-19(18)2)23(27)12-13-24(28)25-17-22(26-14-6-7-15-26)20-8-4-3-5-9-20/h3-5,8-11,16,22H,6-7,12-15,17H2,1-2H3,(H,25,28). The molecule has 1 atom stereocenters. The Kier molecular flexibility index (Phi) is 6.99. The maximum atomic E-state index is 12.4. The number of nitrogens with zero attached hydrogens (tertiary/aromatic N) is 1. The Morgan fingerprint density at radius 2 is 1.68 bits per heavy atom. The average molecular weight is 379 g/mol. The summed E-state index contributed by atoms with van der Waals surface area (Å²) in [5, 5.41) is 3.05. The number of hydrogen-bond acceptors (Lipinski definition) is 3. The number of rotatable bonds is 8. The van der Waals surface area contributed by atoms with Gasteiger partial charge in [-0.1, -0.05) is 42.5 Å². The van der Waals surface area contributed by atoms with Gasteiger partial charge in [0.1, 0.15) is 0 Å². The van der Waals surface area contributed by atoms with Crippen molar-refractivity contribution >= 4 is 11.7 Å². The lowest BCUT2D eigenvalue weighted by molar-refractivity contribution is -0.121. The number of aryl methyl sites for hydroxylation is 2. The van der Waals surface area contributed by atoms with Gasteiger partial charge in [-0.05, 0) is 62.5 Å². The summed E-state index contributed by atoms with van der Waals surface area (Å²) in [6.07, 6.45) is 2.89. The molecule has 2 aromatic rings. The summed E-state index contributed by atoms with van der Waals surface area (Å²) in [4.78, 5) is 27.2. The summed E-state index contributed by atoms with van der Waals surface area (Å²) >= 11 is 0. The molecule has 4 nitrogen and oxygen atoms in total. The number of carbonyl (C=O) groups is 2. The van der Waals surface area contributed by atoms with Crippen LogP contribution >= 0.6 is 0 Å². The molecule has 0 spiro atoms. The van der Waals surface area contributed by atoms with E-state index in [-0.39, 0.29) is 30.6 Å². The van der Waals surface area contributed by atoms with Gasteiger partial charge in [-0.2, -0.15) is 0 Å². The summed E-state index contributed by atoms with van der Waals surface area (Å²) in [7, 11) is 0. The summed E-state index contributed by atoms with van der Waals surface area (Å²) in [6, 6.07) is 16.3. The third-order valence-corrected chi connectivity index (χ3v) is 5.67. The molecule has 28 heavy (non-hydrogen) atoms.